The monoisotopic (exact) mass is 222 g/mol. The lowest BCUT2D eigenvalue weighted by Crippen LogP contribution is -2.25. The Morgan fingerprint density at radius 3 is 2.75 bits per heavy atom. The highest BCUT2D eigenvalue weighted by molar-refractivity contribution is 4.85. The topological polar surface area (TPSA) is 70.5 Å². The smallest absolute Gasteiger partial charge is 0.285 e. The standard InChI is InChI=1S/C9H14N6O/c1-3-4-14-8(10-6-11-14)5-15-9(16)13(2)7-12-15/h6-7H,3-5H2,1-2H3. The van der Waals surface area contributed by atoms with Crippen LogP contribution in [0.3, 0.4) is 0 Å². The van der Waals surface area contributed by atoms with Crippen molar-refractivity contribution in [2.24, 2.45) is 7.05 Å². The molecular weight excluding hydrogens is 208 g/mol. The second-order valence-corrected chi connectivity index (χ2v) is 3.58. The van der Waals surface area contributed by atoms with Gasteiger partial charge in [0.05, 0.1) is 0 Å². The lowest BCUT2D eigenvalue weighted by atomic mass is 10.5. The van der Waals surface area contributed by atoms with Crippen molar-refractivity contribution < 1.29 is 0 Å². The Balaban J connectivity index is 2.23. The molecule has 0 bridgehead atoms. The van der Waals surface area contributed by atoms with Crippen LogP contribution in [0.4, 0.5) is 0 Å². The number of hydrogen-bond acceptors (Lipinski definition) is 4. The summed E-state index contributed by atoms with van der Waals surface area (Å²) in [6.07, 6.45) is 3.97. The van der Waals surface area contributed by atoms with Crippen LogP contribution >= 0.6 is 0 Å². The molecule has 0 spiro atoms. The zero-order valence-electron chi connectivity index (χ0n) is 9.37. The zero-order chi connectivity index (χ0) is 11.5. The maximum absolute atomic E-state index is 11.6. The van der Waals surface area contributed by atoms with Gasteiger partial charge >= 0.3 is 5.69 Å². The first-order valence-electron chi connectivity index (χ1n) is 5.17. The van der Waals surface area contributed by atoms with Crippen LogP contribution in [0.25, 0.3) is 0 Å². The minimum Gasteiger partial charge on any atom is -0.285 e. The van der Waals surface area contributed by atoms with Crippen molar-refractivity contribution >= 4 is 0 Å². The third-order valence-corrected chi connectivity index (χ3v) is 2.31. The minimum atomic E-state index is -0.147. The van der Waals surface area contributed by atoms with Crippen LogP contribution in [-0.2, 0) is 20.1 Å². The van der Waals surface area contributed by atoms with Gasteiger partial charge in [0.2, 0.25) is 0 Å². The molecule has 0 saturated carbocycles. The van der Waals surface area contributed by atoms with Gasteiger partial charge in [-0.2, -0.15) is 10.2 Å². The molecule has 2 aromatic rings. The Bertz CT molecular complexity index is 522. The number of aromatic nitrogens is 6. The number of rotatable bonds is 4. The second-order valence-electron chi connectivity index (χ2n) is 3.58. The first-order chi connectivity index (χ1) is 7.72. The molecule has 86 valence electrons. The van der Waals surface area contributed by atoms with E-state index >= 15 is 0 Å². The summed E-state index contributed by atoms with van der Waals surface area (Å²) in [7, 11) is 1.67. The number of aryl methyl sites for hydroxylation is 2. The molecule has 2 heterocycles. The molecule has 0 atom stereocenters. The van der Waals surface area contributed by atoms with E-state index in [0.717, 1.165) is 18.8 Å². The van der Waals surface area contributed by atoms with E-state index in [-0.39, 0.29) is 5.69 Å². The normalized spacial score (nSPS) is 10.9. The van der Waals surface area contributed by atoms with E-state index in [9.17, 15) is 4.79 Å². The van der Waals surface area contributed by atoms with E-state index in [1.165, 1.54) is 21.9 Å². The first kappa shape index (κ1) is 10.6. The van der Waals surface area contributed by atoms with E-state index in [2.05, 4.69) is 22.1 Å². The first-order valence-corrected chi connectivity index (χ1v) is 5.17. The fourth-order valence-electron chi connectivity index (χ4n) is 1.47. The molecule has 2 aromatic heterocycles. The summed E-state index contributed by atoms with van der Waals surface area (Å²) in [4.78, 5) is 15.7. The molecule has 0 amide bonds. The van der Waals surface area contributed by atoms with Crippen molar-refractivity contribution in [3.8, 4) is 0 Å². The Morgan fingerprint density at radius 1 is 1.31 bits per heavy atom. The van der Waals surface area contributed by atoms with E-state index < -0.39 is 0 Å². The van der Waals surface area contributed by atoms with Gasteiger partial charge < -0.3 is 0 Å². The van der Waals surface area contributed by atoms with Crippen LogP contribution in [0, 0.1) is 0 Å². The Labute approximate surface area is 92.3 Å². The molecule has 7 nitrogen and oxygen atoms in total. The lowest BCUT2D eigenvalue weighted by Gasteiger charge is -2.03. The van der Waals surface area contributed by atoms with Gasteiger partial charge in [-0.15, -0.1) is 0 Å². The van der Waals surface area contributed by atoms with Crippen LogP contribution in [0.15, 0.2) is 17.4 Å². The van der Waals surface area contributed by atoms with Gasteiger partial charge in [-0.3, -0.25) is 4.57 Å². The second kappa shape index (κ2) is 4.30. The molecule has 0 aliphatic carbocycles. The summed E-state index contributed by atoms with van der Waals surface area (Å²) < 4.78 is 4.60. The van der Waals surface area contributed by atoms with Crippen molar-refractivity contribution in [2.45, 2.75) is 26.4 Å². The van der Waals surface area contributed by atoms with Gasteiger partial charge in [0.1, 0.15) is 25.0 Å². The molecule has 16 heavy (non-hydrogen) atoms. The van der Waals surface area contributed by atoms with Crippen molar-refractivity contribution in [3.05, 3.63) is 29.0 Å². The summed E-state index contributed by atoms with van der Waals surface area (Å²) in [5.41, 5.74) is -0.147. The van der Waals surface area contributed by atoms with Crippen molar-refractivity contribution in [1.82, 2.24) is 29.1 Å². The molecule has 0 aliphatic rings. The third-order valence-electron chi connectivity index (χ3n) is 2.31. The lowest BCUT2D eigenvalue weighted by molar-refractivity contribution is 0.530. The van der Waals surface area contributed by atoms with E-state index in [0.29, 0.717) is 6.54 Å². The average molecular weight is 222 g/mol. The molecule has 7 heteroatoms. The van der Waals surface area contributed by atoms with Crippen LogP contribution in [0.5, 0.6) is 0 Å². The fraction of sp³-hybridized carbons (Fsp3) is 0.556. The van der Waals surface area contributed by atoms with Gasteiger partial charge in [-0.1, -0.05) is 6.92 Å². The van der Waals surface area contributed by atoms with Crippen molar-refractivity contribution in [3.63, 3.8) is 0 Å². The van der Waals surface area contributed by atoms with Crippen molar-refractivity contribution in [2.75, 3.05) is 0 Å². The Hall–Kier alpha value is -1.92. The average Bonchev–Trinajstić information content (AvgIpc) is 2.82. The summed E-state index contributed by atoms with van der Waals surface area (Å²) in [5, 5.41) is 8.07. The SMILES string of the molecule is CCCn1ncnc1Cn1ncn(C)c1=O. The minimum absolute atomic E-state index is 0.147. The molecular formula is C9H14N6O. The summed E-state index contributed by atoms with van der Waals surface area (Å²) in [6.45, 7) is 3.23. The van der Waals surface area contributed by atoms with Crippen molar-refractivity contribution in [1.29, 1.82) is 0 Å². The molecule has 0 aliphatic heterocycles. The summed E-state index contributed by atoms with van der Waals surface area (Å²) >= 11 is 0. The van der Waals surface area contributed by atoms with Crippen LogP contribution in [0.1, 0.15) is 19.2 Å². The predicted octanol–water partition coefficient (Wildman–Crippen LogP) is -0.368. The van der Waals surface area contributed by atoms with Gasteiger partial charge in [-0.25, -0.2) is 19.1 Å². The maximum Gasteiger partial charge on any atom is 0.345 e. The van der Waals surface area contributed by atoms with E-state index in [1.807, 2.05) is 0 Å². The largest absolute Gasteiger partial charge is 0.345 e. The molecule has 2 rings (SSSR count). The number of nitrogens with zero attached hydrogens (tertiary/aromatic N) is 6. The van der Waals surface area contributed by atoms with Crippen LogP contribution in [0.2, 0.25) is 0 Å². The molecule has 0 saturated heterocycles. The fourth-order valence-corrected chi connectivity index (χ4v) is 1.47. The van der Waals surface area contributed by atoms with Gasteiger partial charge in [0.15, 0.2) is 0 Å². The zero-order valence-corrected chi connectivity index (χ0v) is 9.37. The van der Waals surface area contributed by atoms with Gasteiger partial charge in [0.25, 0.3) is 0 Å². The van der Waals surface area contributed by atoms with Crippen LogP contribution in [-0.4, -0.2) is 29.1 Å². The summed E-state index contributed by atoms with van der Waals surface area (Å²) in [5.74, 6) is 0.752. The predicted molar refractivity (Wildman–Crippen MR) is 56.9 cm³/mol. The quantitative estimate of drug-likeness (QED) is 0.707. The summed E-state index contributed by atoms with van der Waals surface area (Å²) in [6, 6.07) is 0. The molecule has 0 N–H and O–H groups in total. The number of hydrogen-bond donors (Lipinski definition) is 0. The Kier molecular flexibility index (Phi) is 2.84. The highest BCUT2D eigenvalue weighted by atomic mass is 16.2. The van der Waals surface area contributed by atoms with Gasteiger partial charge in [-0.05, 0) is 6.42 Å². The highest BCUT2D eigenvalue weighted by Crippen LogP contribution is 1.97. The van der Waals surface area contributed by atoms with Gasteiger partial charge in [0, 0.05) is 13.6 Å². The van der Waals surface area contributed by atoms with E-state index in [1.54, 1.807) is 11.7 Å². The highest BCUT2D eigenvalue weighted by Gasteiger charge is 2.08. The Morgan fingerprint density at radius 2 is 2.12 bits per heavy atom. The third kappa shape index (κ3) is 1.88. The molecule has 0 radical (unpaired) electrons. The molecule has 0 aromatic carbocycles. The van der Waals surface area contributed by atoms with Crippen LogP contribution < -0.4 is 5.69 Å². The van der Waals surface area contributed by atoms with E-state index in [4.69, 9.17) is 0 Å². The molecule has 0 fully saturated rings. The molecule has 0 unspecified atom stereocenters. The maximum atomic E-state index is 11.6.